The summed E-state index contributed by atoms with van der Waals surface area (Å²) in [4.78, 5) is 41.5. The predicted molar refractivity (Wildman–Crippen MR) is 116 cm³/mol. The molecule has 1 saturated heterocycles. The number of carbonyl (C=O) groups is 3. The predicted octanol–water partition coefficient (Wildman–Crippen LogP) is 1.97. The van der Waals surface area contributed by atoms with E-state index >= 15 is 0 Å². The highest BCUT2D eigenvalue weighted by molar-refractivity contribution is 5.92. The first kappa shape index (κ1) is 26.4. The quantitative estimate of drug-likeness (QED) is 0.523. The van der Waals surface area contributed by atoms with Gasteiger partial charge in [0.05, 0.1) is 24.1 Å². The monoisotopic (exact) mass is 427 g/mol. The highest BCUT2D eigenvalue weighted by atomic mass is 16.5. The van der Waals surface area contributed by atoms with E-state index in [9.17, 15) is 19.5 Å². The number of carboxylic acids is 1. The van der Waals surface area contributed by atoms with Crippen molar-refractivity contribution in [2.75, 3.05) is 27.7 Å². The van der Waals surface area contributed by atoms with Crippen LogP contribution in [-0.2, 0) is 19.1 Å². The van der Waals surface area contributed by atoms with Crippen LogP contribution in [0.1, 0.15) is 60.3 Å². The van der Waals surface area contributed by atoms with Crippen LogP contribution in [-0.4, -0.2) is 84.2 Å². The van der Waals surface area contributed by atoms with Crippen LogP contribution in [0.2, 0.25) is 0 Å². The lowest BCUT2D eigenvalue weighted by molar-refractivity contribution is -0.148. The number of aliphatic carboxylic acids is 1. The smallest absolute Gasteiger partial charge is 0.306 e. The fourth-order valence-electron chi connectivity index (χ4n) is 4.32. The maximum Gasteiger partial charge on any atom is 0.306 e. The van der Waals surface area contributed by atoms with Crippen LogP contribution in [0.3, 0.4) is 0 Å². The topological polar surface area (TPSA) is 99.2 Å². The van der Waals surface area contributed by atoms with Crippen LogP contribution < -0.4 is 5.32 Å². The fourth-order valence-corrected chi connectivity index (χ4v) is 4.32. The lowest BCUT2D eigenvalue weighted by Gasteiger charge is -2.40. The number of nitrogens with one attached hydrogen (secondary N) is 1. The Hall–Kier alpha value is -1.67. The molecule has 0 radical (unpaired) electrons. The number of methoxy groups -OCH3 is 1. The van der Waals surface area contributed by atoms with Gasteiger partial charge in [0, 0.05) is 14.2 Å². The lowest BCUT2D eigenvalue weighted by Crippen LogP contribution is -2.61. The Balaban J connectivity index is 3.11. The summed E-state index contributed by atoms with van der Waals surface area (Å²) in [7, 11) is 5.08. The van der Waals surface area contributed by atoms with Gasteiger partial charge in [-0.15, -0.1) is 0 Å². The first-order valence-corrected chi connectivity index (χ1v) is 10.9. The van der Waals surface area contributed by atoms with Crippen LogP contribution >= 0.6 is 0 Å². The molecule has 8 heteroatoms. The Bertz CT molecular complexity index is 612. The number of carbonyl (C=O) groups excluding carboxylic acids is 2. The average Bonchev–Trinajstić information content (AvgIpc) is 3.03. The molecule has 1 heterocycles. The van der Waals surface area contributed by atoms with Crippen molar-refractivity contribution in [2.24, 2.45) is 11.8 Å². The second-order valence-corrected chi connectivity index (χ2v) is 9.19. The van der Waals surface area contributed by atoms with Crippen LogP contribution in [0.4, 0.5) is 0 Å². The molecule has 174 valence electrons. The summed E-state index contributed by atoms with van der Waals surface area (Å²) in [6.07, 6.45) is 1.65. The van der Waals surface area contributed by atoms with Crippen molar-refractivity contribution < 1.29 is 24.2 Å². The van der Waals surface area contributed by atoms with E-state index in [1.165, 1.54) is 7.11 Å². The zero-order valence-electron chi connectivity index (χ0n) is 19.9. The summed E-state index contributed by atoms with van der Waals surface area (Å²) >= 11 is 0. The van der Waals surface area contributed by atoms with Gasteiger partial charge in [-0.05, 0) is 45.2 Å². The Labute approximate surface area is 181 Å². The molecule has 2 N–H and O–H groups in total. The number of likely N-dealkylation sites (tertiary alicyclic amines) is 1. The van der Waals surface area contributed by atoms with Crippen LogP contribution in [0.25, 0.3) is 0 Å². The first-order valence-electron chi connectivity index (χ1n) is 10.9. The van der Waals surface area contributed by atoms with Gasteiger partial charge >= 0.3 is 5.97 Å². The molecule has 30 heavy (non-hydrogen) atoms. The molecule has 0 aromatic heterocycles. The Morgan fingerprint density at radius 3 is 2.27 bits per heavy atom. The van der Waals surface area contributed by atoms with Gasteiger partial charge in [0.1, 0.15) is 6.04 Å². The number of hydrogen-bond acceptors (Lipinski definition) is 5. The molecule has 0 aromatic rings. The number of hydrogen-bond donors (Lipinski definition) is 2. The van der Waals surface area contributed by atoms with Gasteiger partial charge in [0.25, 0.3) is 0 Å². The van der Waals surface area contributed by atoms with Gasteiger partial charge in [-0.3, -0.25) is 19.3 Å². The molecule has 5 unspecified atom stereocenters. The third kappa shape index (κ3) is 5.94. The highest BCUT2D eigenvalue weighted by Gasteiger charge is 2.44. The molecule has 1 aliphatic heterocycles. The van der Waals surface area contributed by atoms with E-state index in [4.69, 9.17) is 4.74 Å². The Morgan fingerprint density at radius 2 is 1.87 bits per heavy atom. The maximum absolute atomic E-state index is 13.5. The second-order valence-electron chi connectivity index (χ2n) is 9.19. The number of carboxylic acid groups (broad SMARTS) is 1. The molecule has 1 rings (SSSR count). The van der Waals surface area contributed by atoms with Crippen molar-refractivity contribution in [1.29, 1.82) is 0 Å². The number of likely N-dealkylation sites (N-methyl/N-ethyl adjacent to an activating group) is 2. The van der Waals surface area contributed by atoms with Crippen molar-refractivity contribution >= 4 is 17.8 Å². The molecule has 0 spiro atoms. The molecular formula is C22H41N3O5. The second kappa shape index (κ2) is 11.1. The minimum atomic E-state index is -0.970. The fraction of sp³-hybridized carbons (Fsp3) is 0.864. The molecule has 5 atom stereocenters. The summed E-state index contributed by atoms with van der Waals surface area (Å²) in [5, 5.41) is 12.3. The molecule has 1 aliphatic rings. The number of nitrogens with zero attached hydrogens (tertiary/aromatic N) is 2. The van der Waals surface area contributed by atoms with E-state index in [2.05, 4.69) is 5.32 Å². The molecule has 0 bridgehead atoms. The summed E-state index contributed by atoms with van der Waals surface area (Å²) in [6.45, 7) is 10.6. The van der Waals surface area contributed by atoms with E-state index in [0.717, 1.165) is 25.8 Å². The molecule has 0 saturated carbocycles. The van der Waals surface area contributed by atoms with Gasteiger partial charge in [0.2, 0.25) is 11.8 Å². The molecule has 0 aromatic carbocycles. The van der Waals surface area contributed by atoms with Crippen LogP contribution in [0.15, 0.2) is 0 Å². The van der Waals surface area contributed by atoms with E-state index in [1.807, 2.05) is 46.6 Å². The third-order valence-electron chi connectivity index (χ3n) is 6.79. The van der Waals surface area contributed by atoms with Crippen molar-refractivity contribution in [3.63, 3.8) is 0 Å². The molecule has 2 amide bonds. The highest BCUT2D eigenvalue weighted by Crippen LogP contribution is 2.28. The minimum absolute atomic E-state index is 0.0326. The summed E-state index contributed by atoms with van der Waals surface area (Å²) in [6, 6.07) is -1.10. The van der Waals surface area contributed by atoms with Crippen molar-refractivity contribution in [2.45, 2.75) is 84.0 Å². The van der Waals surface area contributed by atoms with Crippen molar-refractivity contribution in [3.8, 4) is 0 Å². The lowest BCUT2D eigenvalue weighted by atomic mass is 9.89. The molecular weight excluding hydrogens is 386 g/mol. The minimum Gasteiger partial charge on any atom is -0.481 e. The number of rotatable bonds is 11. The summed E-state index contributed by atoms with van der Waals surface area (Å²) < 4.78 is 5.48. The normalized spacial score (nSPS) is 23.6. The van der Waals surface area contributed by atoms with Crippen LogP contribution in [0, 0.1) is 11.8 Å². The Kier molecular flexibility index (Phi) is 9.75. The molecule has 0 aliphatic carbocycles. The van der Waals surface area contributed by atoms with Gasteiger partial charge in [-0.2, -0.15) is 0 Å². The number of amides is 2. The first-order chi connectivity index (χ1) is 13.9. The summed E-state index contributed by atoms with van der Waals surface area (Å²) in [5.41, 5.74) is -0.625. The van der Waals surface area contributed by atoms with Gasteiger partial charge < -0.3 is 20.1 Å². The molecule has 1 fully saturated rings. The third-order valence-corrected chi connectivity index (χ3v) is 6.79. The van der Waals surface area contributed by atoms with Crippen molar-refractivity contribution in [1.82, 2.24) is 15.1 Å². The maximum atomic E-state index is 13.5. The Morgan fingerprint density at radius 1 is 1.27 bits per heavy atom. The summed E-state index contributed by atoms with van der Waals surface area (Å²) in [5.74, 6) is -1.42. The van der Waals surface area contributed by atoms with Crippen LogP contribution in [0.5, 0.6) is 0 Å². The molecule has 8 nitrogen and oxygen atoms in total. The van der Waals surface area contributed by atoms with E-state index in [-0.39, 0.29) is 30.1 Å². The van der Waals surface area contributed by atoms with Gasteiger partial charge in [0.15, 0.2) is 0 Å². The van der Waals surface area contributed by atoms with E-state index in [0.29, 0.717) is 0 Å². The standard InChI is InChI=1S/C22H41N3O5/c1-9-15(4)19(16(30-8)13-17(26)27)25(7)20(28)18(14(2)3)23-21(29)22(5)11-10-12-24(22)6/h14-16,18-19H,9-13H2,1-8H3,(H,23,29)(H,26,27). The van der Waals surface area contributed by atoms with Crippen molar-refractivity contribution in [3.05, 3.63) is 0 Å². The zero-order chi connectivity index (χ0) is 23.2. The van der Waals surface area contributed by atoms with Gasteiger partial charge in [-0.25, -0.2) is 0 Å². The van der Waals surface area contributed by atoms with E-state index < -0.39 is 29.7 Å². The SMILES string of the molecule is CCC(C)C(C(CC(=O)O)OC)N(C)C(=O)C(NC(=O)C1(C)CCCN1C)C(C)C. The van der Waals surface area contributed by atoms with E-state index in [1.54, 1.807) is 11.9 Å². The largest absolute Gasteiger partial charge is 0.481 e. The average molecular weight is 428 g/mol. The van der Waals surface area contributed by atoms with Gasteiger partial charge in [-0.1, -0.05) is 34.1 Å². The zero-order valence-corrected chi connectivity index (χ0v) is 19.9. The number of ether oxygens (including phenoxy) is 1.